The smallest absolute Gasteiger partial charge is 0.191 e. The van der Waals surface area contributed by atoms with Crippen molar-refractivity contribution in [3.05, 3.63) is 58.6 Å². The molecule has 2 aromatic rings. The number of nitrogens with zero attached hydrogens (tertiary/aromatic N) is 1. The Kier molecular flexibility index (Phi) is 10.2. The molecule has 0 atom stereocenters. The van der Waals surface area contributed by atoms with E-state index in [9.17, 15) is 0 Å². The van der Waals surface area contributed by atoms with Crippen molar-refractivity contribution >= 4 is 41.5 Å². The molecule has 0 saturated carbocycles. The number of hydrogen-bond acceptors (Lipinski definition) is 4. The SMILES string of the molecule is CN=C(NCc1ccc(OC)cc1OC)NCC1(c2ccccc2Cl)CCOCC1.I. The lowest BCUT2D eigenvalue weighted by Crippen LogP contribution is -2.48. The van der Waals surface area contributed by atoms with Gasteiger partial charge in [0.05, 0.1) is 14.2 Å². The van der Waals surface area contributed by atoms with Crippen LogP contribution in [0.15, 0.2) is 47.5 Å². The molecular formula is C23H31ClIN3O3. The fourth-order valence-electron chi connectivity index (χ4n) is 3.85. The Bertz CT molecular complexity index is 873. The molecule has 0 aliphatic carbocycles. The second-order valence-electron chi connectivity index (χ2n) is 7.33. The minimum Gasteiger partial charge on any atom is -0.497 e. The van der Waals surface area contributed by atoms with Crippen LogP contribution in [0.5, 0.6) is 11.5 Å². The first-order valence-electron chi connectivity index (χ1n) is 10.1. The van der Waals surface area contributed by atoms with E-state index in [0.29, 0.717) is 6.54 Å². The van der Waals surface area contributed by atoms with Crippen LogP contribution in [0, 0.1) is 0 Å². The summed E-state index contributed by atoms with van der Waals surface area (Å²) in [5, 5.41) is 7.67. The van der Waals surface area contributed by atoms with Crippen molar-refractivity contribution in [2.24, 2.45) is 4.99 Å². The van der Waals surface area contributed by atoms with E-state index in [0.717, 1.165) is 66.2 Å². The molecule has 31 heavy (non-hydrogen) atoms. The molecule has 3 rings (SSSR count). The van der Waals surface area contributed by atoms with Crippen molar-refractivity contribution in [3.8, 4) is 11.5 Å². The summed E-state index contributed by atoms with van der Waals surface area (Å²) in [6, 6.07) is 13.9. The normalized spacial score (nSPS) is 15.5. The Balaban J connectivity index is 0.00000341. The highest BCUT2D eigenvalue weighted by atomic mass is 127. The number of benzene rings is 2. The molecule has 0 radical (unpaired) electrons. The topological polar surface area (TPSA) is 64.1 Å². The average Bonchev–Trinajstić information content (AvgIpc) is 2.80. The monoisotopic (exact) mass is 559 g/mol. The van der Waals surface area contributed by atoms with Crippen LogP contribution in [0.1, 0.15) is 24.0 Å². The second kappa shape index (κ2) is 12.4. The lowest BCUT2D eigenvalue weighted by atomic mass is 9.74. The summed E-state index contributed by atoms with van der Waals surface area (Å²) in [5.41, 5.74) is 2.09. The summed E-state index contributed by atoms with van der Waals surface area (Å²) in [7, 11) is 5.07. The van der Waals surface area contributed by atoms with Crippen LogP contribution >= 0.6 is 35.6 Å². The van der Waals surface area contributed by atoms with Crippen LogP contribution in [0.3, 0.4) is 0 Å². The van der Waals surface area contributed by atoms with Gasteiger partial charge in [-0.2, -0.15) is 0 Å². The van der Waals surface area contributed by atoms with Gasteiger partial charge in [0.1, 0.15) is 11.5 Å². The third kappa shape index (κ3) is 6.40. The lowest BCUT2D eigenvalue weighted by molar-refractivity contribution is 0.0514. The summed E-state index contributed by atoms with van der Waals surface area (Å²) in [5.74, 6) is 2.26. The molecule has 1 fully saturated rings. The van der Waals surface area contributed by atoms with Gasteiger partial charge in [0.2, 0.25) is 0 Å². The van der Waals surface area contributed by atoms with Gasteiger partial charge in [-0.3, -0.25) is 4.99 Å². The van der Waals surface area contributed by atoms with E-state index >= 15 is 0 Å². The predicted molar refractivity (Wildman–Crippen MR) is 136 cm³/mol. The van der Waals surface area contributed by atoms with Gasteiger partial charge in [0, 0.05) is 55.4 Å². The molecule has 170 valence electrons. The molecule has 6 nitrogen and oxygen atoms in total. The highest BCUT2D eigenvalue weighted by Gasteiger charge is 2.36. The summed E-state index contributed by atoms with van der Waals surface area (Å²) in [6.45, 7) is 2.75. The van der Waals surface area contributed by atoms with Crippen molar-refractivity contribution < 1.29 is 14.2 Å². The zero-order valence-corrected chi connectivity index (χ0v) is 21.3. The van der Waals surface area contributed by atoms with E-state index in [-0.39, 0.29) is 29.4 Å². The third-order valence-corrected chi connectivity index (χ3v) is 5.98. The first-order valence-corrected chi connectivity index (χ1v) is 10.5. The quantitative estimate of drug-likeness (QED) is 0.299. The van der Waals surface area contributed by atoms with E-state index in [4.69, 9.17) is 25.8 Å². The maximum Gasteiger partial charge on any atom is 0.191 e. The molecule has 1 saturated heterocycles. The van der Waals surface area contributed by atoms with Crippen molar-refractivity contribution in [1.82, 2.24) is 10.6 Å². The van der Waals surface area contributed by atoms with E-state index in [2.05, 4.69) is 21.7 Å². The first kappa shape index (κ1) is 25.5. The van der Waals surface area contributed by atoms with Gasteiger partial charge in [0.15, 0.2) is 5.96 Å². The molecular weight excluding hydrogens is 529 g/mol. The van der Waals surface area contributed by atoms with Crippen LogP contribution in [-0.4, -0.2) is 47.0 Å². The number of rotatable bonds is 7. The van der Waals surface area contributed by atoms with E-state index < -0.39 is 0 Å². The molecule has 1 aliphatic heterocycles. The number of nitrogens with one attached hydrogen (secondary N) is 2. The largest absolute Gasteiger partial charge is 0.497 e. The second-order valence-corrected chi connectivity index (χ2v) is 7.74. The number of ether oxygens (including phenoxy) is 3. The molecule has 0 bridgehead atoms. The number of hydrogen-bond donors (Lipinski definition) is 2. The number of halogens is 2. The zero-order chi connectivity index (χ0) is 21.4. The summed E-state index contributed by atoms with van der Waals surface area (Å²) >= 11 is 6.56. The molecule has 2 N–H and O–H groups in total. The molecule has 1 heterocycles. The molecule has 0 amide bonds. The fraction of sp³-hybridized carbons (Fsp3) is 0.435. The van der Waals surface area contributed by atoms with Crippen molar-refractivity contribution in [3.63, 3.8) is 0 Å². The van der Waals surface area contributed by atoms with Gasteiger partial charge in [0.25, 0.3) is 0 Å². The van der Waals surface area contributed by atoms with E-state index in [1.165, 1.54) is 0 Å². The molecule has 2 aromatic carbocycles. The van der Waals surface area contributed by atoms with Gasteiger partial charge in [-0.25, -0.2) is 0 Å². The fourth-order valence-corrected chi connectivity index (χ4v) is 4.18. The number of aliphatic imine (C=N–C) groups is 1. The summed E-state index contributed by atoms with van der Waals surface area (Å²) < 4.78 is 16.4. The molecule has 0 spiro atoms. The standard InChI is InChI=1S/C23H30ClN3O3.HI/c1-25-22(26-15-17-8-9-18(28-2)14-21(17)29-3)27-16-23(10-12-30-13-11-23)19-6-4-5-7-20(19)24;/h4-9,14H,10-13,15-16H2,1-3H3,(H2,25,26,27);1H. The van der Waals surface area contributed by atoms with Crippen molar-refractivity contribution in [2.75, 3.05) is 41.0 Å². The third-order valence-electron chi connectivity index (χ3n) is 5.65. The minimum absolute atomic E-state index is 0. The lowest BCUT2D eigenvalue weighted by Gasteiger charge is -2.38. The maximum absolute atomic E-state index is 6.56. The Hall–Kier alpha value is -1.71. The maximum atomic E-state index is 6.56. The van der Waals surface area contributed by atoms with Crippen LogP contribution in [-0.2, 0) is 16.7 Å². The number of guanidine groups is 1. The Labute approximate surface area is 206 Å². The minimum atomic E-state index is -0.0913. The van der Waals surface area contributed by atoms with Gasteiger partial charge in [-0.15, -0.1) is 24.0 Å². The van der Waals surface area contributed by atoms with E-state index in [1.54, 1.807) is 21.3 Å². The van der Waals surface area contributed by atoms with Gasteiger partial charge < -0.3 is 24.8 Å². The summed E-state index contributed by atoms with van der Waals surface area (Å²) in [6.07, 6.45) is 1.82. The predicted octanol–water partition coefficient (Wildman–Crippen LogP) is 4.39. The highest BCUT2D eigenvalue weighted by molar-refractivity contribution is 14.0. The van der Waals surface area contributed by atoms with Crippen LogP contribution in [0.2, 0.25) is 5.02 Å². The van der Waals surface area contributed by atoms with E-state index in [1.807, 2.05) is 36.4 Å². The van der Waals surface area contributed by atoms with Crippen LogP contribution < -0.4 is 20.1 Å². The molecule has 1 aliphatic rings. The van der Waals surface area contributed by atoms with Crippen molar-refractivity contribution in [1.29, 1.82) is 0 Å². The zero-order valence-electron chi connectivity index (χ0n) is 18.2. The molecule has 0 aromatic heterocycles. The van der Waals surface area contributed by atoms with Gasteiger partial charge in [-0.1, -0.05) is 29.8 Å². The highest BCUT2D eigenvalue weighted by Crippen LogP contribution is 2.38. The van der Waals surface area contributed by atoms with Crippen LogP contribution in [0.4, 0.5) is 0 Å². The van der Waals surface area contributed by atoms with Crippen LogP contribution in [0.25, 0.3) is 0 Å². The van der Waals surface area contributed by atoms with Crippen molar-refractivity contribution in [2.45, 2.75) is 24.8 Å². The Morgan fingerprint density at radius 1 is 1.10 bits per heavy atom. The average molecular weight is 560 g/mol. The van der Waals surface area contributed by atoms with Gasteiger partial charge in [-0.05, 0) is 36.6 Å². The number of methoxy groups -OCH3 is 2. The first-order chi connectivity index (χ1) is 14.6. The van der Waals surface area contributed by atoms with Gasteiger partial charge >= 0.3 is 0 Å². The molecule has 8 heteroatoms. The Morgan fingerprint density at radius 2 is 1.84 bits per heavy atom. The molecule has 0 unspecified atom stereocenters. The summed E-state index contributed by atoms with van der Waals surface area (Å²) in [4.78, 5) is 4.39. The Morgan fingerprint density at radius 3 is 2.48 bits per heavy atom.